The number of hydrogen-bond acceptors (Lipinski definition) is 5. The molecule has 1 amide bonds. The molecule has 9 heteroatoms. The van der Waals surface area contributed by atoms with Gasteiger partial charge < -0.3 is 14.9 Å². The van der Waals surface area contributed by atoms with Crippen LogP contribution in [-0.4, -0.2) is 51.8 Å². The van der Waals surface area contributed by atoms with Crippen LogP contribution in [0.1, 0.15) is 24.5 Å². The molecule has 154 valence electrons. The molecule has 0 radical (unpaired) electrons. The summed E-state index contributed by atoms with van der Waals surface area (Å²) in [6, 6.07) is 5.31. The largest absolute Gasteiger partial charge is 0.507 e. The highest BCUT2D eigenvalue weighted by Gasteiger charge is 2.42. The standard InChI is InChI=1S/C20H21F3N4O2/c1-11-7-14(20(21,22)23)8-17(29)19(11)15-3-4-18(25-24-15)27-6-5-13-9-26(12(2)28)10-16(13)27/h3-4,7-8,13,16,29H,5-6,9-10H2,1-2H3/t13-,16+/m0/s1. The Morgan fingerprint density at radius 1 is 1.21 bits per heavy atom. The summed E-state index contributed by atoms with van der Waals surface area (Å²) < 4.78 is 38.8. The molecule has 3 heterocycles. The third-order valence-electron chi connectivity index (χ3n) is 5.84. The number of alkyl halides is 3. The van der Waals surface area contributed by atoms with E-state index >= 15 is 0 Å². The van der Waals surface area contributed by atoms with Crippen molar-refractivity contribution in [3.63, 3.8) is 0 Å². The molecule has 2 aromatic rings. The van der Waals surface area contributed by atoms with E-state index in [1.165, 1.54) is 6.92 Å². The van der Waals surface area contributed by atoms with Crippen molar-refractivity contribution in [3.05, 3.63) is 35.4 Å². The van der Waals surface area contributed by atoms with Crippen LogP contribution in [0.15, 0.2) is 24.3 Å². The fourth-order valence-corrected chi connectivity index (χ4v) is 4.38. The molecule has 1 N–H and O–H groups in total. The van der Waals surface area contributed by atoms with Gasteiger partial charge in [0, 0.05) is 38.0 Å². The van der Waals surface area contributed by atoms with E-state index in [4.69, 9.17) is 0 Å². The zero-order valence-corrected chi connectivity index (χ0v) is 16.1. The van der Waals surface area contributed by atoms with Crippen LogP contribution in [0.2, 0.25) is 0 Å². The lowest BCUT2D eigenvalue weighted by Crippen LogP contribution is -2.37. The van der Waals surface area contributed by atoms with E-state index in [2.05, 4.69) is 15.1 Å². The van der Waals surface area contributed by atoms with Crippen molar-refractivity contribution in [2.24, 2.45) is 5.92 Å². The Morgan fingerprint density at radius 3 is 2.55 bits per heavy atom. The first-order chi connectivity index (χ1) is 13.6. The number of carbonyl (C=O) groups excluding carboxylic acids is 1. The minimum Gasteiger partial charge on any atom is -0.507 e. The molecule has 4 rings (SSSR count). The summed E-state index contributed by atoms with van der Waals surface area (Å²) in [4.78, 5) is 15.6. The summed E-state index contributed by atoms with van der Waals surface area (Å²) in [5, 5.41) is 18.6. The third kappa shape index (κ3) is 3.49. The quantitative estimate of drug-likeness (QED) is 0.829. The minimum atomic E-state index is -4.53. The van der Waals surface area contributed by atoms with Gasteiger partial charge in [0.25, 0.3) is 0 Å². The number of amides is 1. The van der Waals surface area contributed by atoms with E-state index in [-0.39, 0.29) is 23.1 Å². The van der Waals surface area contributed by atoms with E-state index in [0.717, 1.165) is 25.6 Å². The number of halogens is 3. The predicted molar refractivity (Wildman–Crippen MR) is 100 cm³/mol. The highest BCUT2D eigenvalue weighted by molar-refractivity contribution is 5.74. The fraction of sp³-hybridized carbons (Fsp3) is 0.450. The number of nitrogens with zero attached hydrogens (tertiary/aromatic N) is 4. The number of benzene rings is 1. The van der Waals surface area contributed by atoms with Gasteiger partial charge in [0.2, 0.25) is 5.91 Å². The van der Waals surface area contributed by atoms with Crippen LogP contribution in [0.4, 0.5) is 19.0 Å². The Balaban J connectivity index is 1.59. The number of anilines is 1. The first kappa shape index (κ1) is 19.5. The molecule has 1 aromatic heterocycles. The normalized spacial score (nSPS) is 21.6. The van der Waals surface area contributed by atoms with Crippen LogP contribution < -0.4 is 4.90 Å². The van der Waals surface area contributed by atoms with Crippen molar-refractivity contribution in [1.82, 2.24) is 15.1 Å². The molecule has 2 saturated heterocycles. The number of carbonyl (C=O) groups is 1. The van der Waals surface area contributed by atoms with E-state index in [9.17, 15) is 23.1 Å². The van der Waals surface area contributed by atoms with Gasteiger partial charge in [-0.3, -0.25) is 4.79 Å². The van der Waals surface area contributed by atoms with Gasteiger partial charge in [-0.25, -0.2) is 0 Å². The smallest absolute Gasteiger partial charge is 0.416 e. The van der Waals surface area contributed by atoms with E-state index in [1.807, 2.05) is 4.90 Å². The molecule has 2 aliphatic heterocycles. The summed E-state index contributed by atoms with van der Waals surface area (Å²) in [7, 11) is 0. The Bertz CT molecular complexity index is 923. The molecule has 2 atom stereocenters. The van der Waals surface area contributed by atoms with Gasteiger partial charge in [-0.15, -0.1) is 10.2 Å². The van der Waals surface area contributed by atoms with Crippen LogP contribution >= 0.6 is 0 Å². The molecule has 0 unspecified atom stereocenters. The lowest BCUT2D eigenvalue weighted by molar-refractivity contribution is -0.137. The SMILES string of the molecule is CC(=O)N1C[C@@H]2CCN(c3ccc(-c4c(C)cc(C(F)(F)F)cc4O)nn3)[C@@H]2C1. The summed E-state index contributed by atoms with van der Waals surface area (Å²) in [6.07, 6.45) is -3.56. The second-order valence-electron chi connectivity index (χ2n) is 7.70. The van der Waals surface area contributed by atoms with Crippen LogP contribution in [0.5, 0.6) is 5.75 Å². The Kier molecular flexibility index (Phi) is 4.63. The predicted octanol–water partition coefficient (Wildman–Crippen LogP) is 3.23. The molecule has 0 saturated carbocycles. The van der Waals surface area contributed by atoms with E-state index in [1.54, 1.807) is 19.1 Å². The number of aromatic nitrogens is 2. The minimum absolute atomic E-state index is 0.0639. The molecular formula is C20H21F3N4O2. The maximum atomic E-state index is 12.9. The zero-order chi connectivity index (χ0) is 20.9. The second kappa shape index (κ2) is 6.89. The molecule has 6 nitrogen and oxygen atoms in total. The number of likely N-dealkylation sites (tertiary alicyclic amines) is 1. The Labute approximate surface area is 166 Å². The molecule has 2 fully saturated rings. The molecular weight excluding hydrogens is 385 g/mol. The van der Waals surface area contributed by atoms with Gasteiger partial charge in [-0.1, -0.05) is 0 Å². The van der Waals surface area contributed by atoms with Gasteiger partial charge in [-0.05, 0) is 43.2 Å². The number of hydrogen-bond donors (Lipinski definition) is 1. The molecule has 29 heavy (non-hydrogen) atoms. The number of fused-ring (bicyclic) bond motifs is 1. The topological polar surface area (TPSA) is 69.6 Å². The number of aryl methyl sites for hydroxylation is 1. The molecule has 2 aliphatic rings. The van der Waals surface area contributed by atoms with Crippen molar-refractivity contribution in [2.75, 3.05) is 24.5 Å². The van der Waals surface area contributed by atoms with E-state index < -0.39 is 17.5 Å². The van der Waals surface area contributed by atoms with Gasteiger partial charge in [0.15, 0.2) is 5.82 Å². The van der Waals surface area contributed by atoms with Crippen LogP contribution in [-0.2, 0) is 11.0 Å². The maximum Gasteiger partial charge on any atom is 0.416 e. The molecule has 0 spiro atoms. The van der Waals surface area contributed by atoms with Crippen molar-refractivity contribution >= 4 is 11.7 Å². The fourth-order valence-electron chi connectivity index (χ4n) is 4.38. The van der Waals surface area contributed by atoms with Crippen LogP contribution in [0.3, 0.4) is 0 Å². The average Bonchev–Trinajstić information content (AvgIpc) is 3.22. The van der Waals surface area contributed by atoms with Gasteiger partial charge in [0.05, 0.1) is 17.3 Å². The summed E-state index contributed by atoms with van der Waals surface area (Å²) in [6.45, 7) is 5.29. The van der Waals surface area contributed by atoms with Crippen molar-refractivity contribution in [3.8, 4) is 17.0 Å². The molecule has 1 aromatic carbocycles. The third-order valence-corrected chi connectivity index (χ3v) is 5.84. The first-order valence-electron chi connectivity index (χ1n) is 9.42. The highest BCUT2D eigenvalue weighted by atomic mass is 19.4. The summed E-state index contributed by atoms with van der Waals surface area (Å²) >= 11 is 0. The second-order valence-corrected chi connectivity index (χ2v) is 7.70. The highest BCUT2D eigenvalue weighted by Crippen LogP contribution is 2.39. The van der Waals surface area contributed by atoms with Crippen LogP contribution in [0, 0.1) is 12.8 Å². The Hall–Kier alpha value is -2.84. The average molecular weight is 406 g/mol. The number of aromatic hydroxyl groups is 1. The van der Waals surface area contributed by atoms with Crippen molar-refractivity contribution < 1.29 is 23.1 Å². The van der Waals surface area contributed by atoms with Crippen molar-refractivity contribution in [2.45, 2.75) is 32.5 Å². The van der Waals surface area contributed by atoms with Gasteiger partial charge in [0.1, 0.15) is 5.75 Å². The van der Waals surface area contributed by atoms with E-state index in [0.29, 0.717) is 30.0 Å². The molecule has 0 aliphatic carbocycles. The summed E-state index contributed by atoms with van der Waals surface area (Å²) in [5.74, 6) is 0.653. The zero-order valence-electron chi connectivity index (χ0n) is 16.1. The summed E-state index contributed by atoms with van der Waals surface area (Å²) in [5.41, 5.74) is -0.0846. The van der Waals surface area contributed by atoms with Gasteiger partial charge in [-0.2, -0.15) is 13.2 Å². The number of rotatable bonds is 2. The maximum absolute atomic E-state index is 12.9. The van der Waals surface area contributed by atoms with Crippen molar-refractivity contribution in [1.29, 1.82) is 0 Å². The lowest BCUT2D eigenvalue weighted by atomic mass is 10.0. The number of phenols is 1. The van der Waals surface area contributed by atoms with Gasteiger partial charge >= 0.3 is 6.18 Å². The van der Waals surface area contributed by atoms with Crippen LogP contribution in [0.25, 0.3) is 11.3 Å². The first-order valence-corrected chi connectivity index (χ1v) is 9.42. The monoisotopic (exact) mass is 406 g/mol. The Morgan fingerprint density at radius 2 is 1.97 bits per heavy atom. The lowest BCUT2D eigenvalue weighted by Gasteiger charge is -2.25. The number of phenolic OH excluding ortho intramolecular Hbond substituents is 1. The molecule has 0 bridgehead atoms.